The van der Waals surface area contributed by atoms with Crippen LogP contribution in [0.3, 0.4) is 0 Å². The third-order valence-corrected chi connectivity index (χ3v) is 4.46. The third kappa shape index (κ3) is 2.51. The number of pyridine rings is 1. The fourth-order valence-corrected chi connectivity index (χ4v) is 3.35. The van der Waals surface area contributed by atoms with Crippen molar-refractivity contribution in [2.75, 3.05) is 6.61 Å². The van der Waals surface area contributed by atoms with Crippen LogP contribution in [0.2, 0.25) is 0 Å². The fourth-order valence-electron chi connectivity index (χ4n) is 3.35. The molecule has 0 aliphatic carbocycles. The number of fused-ring (bicyclic) bond motifs is 1. The molecule has 0 spiro atoms. The molecule has 3 aromatic heterocycles. The highest BCUT2D eigenvalue weighted by Gasteiger charge is 2.18. The molecule has 0 amide bonds. The van der Waals surface area contributed by atoms with E-state index in [1.165, 1.54) is 0 Å². The Labute approximate surface area is 145 Å². The van der Waals surface area contributed by atoms with Gasteiger partial charge in [0, 0.05) is 35.7 Å². The molecular weight excluding hydrogens is 314 g/mol. The first-order valence-corrected chi connectivity index (χ1v) is 8.22. The van der Waals surface area contributed by atoms with Gasteiger partial charge in [0.1, 0.15) is 5.82 Å². The summed E-state index contributed by atoms with van der Waals surface area (Å²) < 4.78 is 3.90. The second-order valence-electron chi connectivity index (χ2n) is 5.99. The fraction of sp³-hybridized carbons (Fsp3) is 0.211. The molecule has 1 N–H and O–H groups in total. The zero-order chi connectivity index (χ0) is 17.4. The lowest BCUT2D eigenvalue weighted by Gasteiger charge is -2.11. The van der Waals surface area contributed by atoms with E-state index in [2.05, 4.69) is 31.8 Å². The lowest BCUT2D eigenvalue weighted by Crippen LogP contribution is -2.06. The SMILES string of the molecule is Cc1nn(CCO)c(C)c1-n1ccnc1-c1cccc2cnccc12. The largest absolute Gasteiger partial charge is 0.394 e. The molecule has 4 rings (SSSR count). The molecule has 3 heterocycles. The van der Waals surface area contributed by atoms with Crippen LogP contribution in [-0.2, 0) is 6.54 Å². The molecule has 0 aliphatic rings. The quantitative estimate of drug-likeness (QED) is 0.623. The summed E-state index contributed by atoms with van der Waals surface area (Å²) in [6.07, 6.45) is 7.42. The van der Waals surface area contributed by atoms with E-state index in [0.717, 1.165) is 39.2 Å². The Morgan fingerprint density at radius 2 is 2.00 bits per heavy atom. The van der Waals surface area contributed by atoms with Crippen LogP contribution in [0.4, 0.5) is 0 Å². The average molecular weight is 333 g/mol. The van der Waals surface area contributed by atoms with Gasteiger partial charge >= 0.3 is 0 Å². The minimum Gasteiger partial charge on any atom is -0.394 e. The monoisotopic (exact) mass is 333 g/mol. The summed E-state index contributed by atoms with van der Waals surface area (Å²) in [7, 11) is 0. The van der Waals surface area contributed by atoms with Crippen molar-refractivity contribution in [2.24, 2.45) is 0 Å². The molecule has 0 atom stereocenters. The highest BCUT2D eigenvalue weighted by atomic mass is 16.3. The molecule has 0 unspecified atom stereocenters. The van der Waals surface area contributed by atoms with Gasteiger partial charge in [-0.3, -0.25) is 14.2 Å². The van der Waals surface area contributed by atoms with Gasteiger partial charge in [-0.1, -0.05) is 18.2 Å². The van der Waals surface area contributed by atoms with Crippen LogP contribution in [0.25, 0.3) is 27.8 Å². The average Bonchev–Trinajstić information content (AvgIpc) is 3.19. The number of imidazole rings is 1. The van der Waals surface area contributed by atoms with Gasteiger partial charge in [0.05, 0.1) is 30.2 Å². The van der Waals surface area contributed by atoms with E-state index in [0.29, 0.717) is 6.54 Å². The van der Waals surface area contributed by atoms with Gasteiger partial charge in [-0.2, -0.15) is 5.10 Å². The van der Waals surface area contributed by atoms with Gasteiger partial charge in [-0.25, -0.2) is 4.98 Å². The Kier molecular flexibility index (Phi) is 3.82. The summed E-state index contributed by atoms with van der Waals surface area (Å²) >= 11 is 0. The number of aliphatic hydroxyl groups excluding tert-OH is 1. The zero-order valence-electron chi connectivity index (χ0n) is 14.2. The lowest BCUT2D eigenvalue weighted by molar-refractivity contribution is 0.268. The van der Waals surface area contributed by atoms with Gasteiger partial charge in [0.2, 0.25) is 0 Å². The van der Waals surface area contributed by atoms with Gasteiger partial charge in [-0.05, 0) is 25.3 Å². The Morgan fingerprint density at radius 1 is 1.12 bits per heavy atom. The van der Waals surface area contributed by atoms with E-state index in [1.54, 1.807) is 12.4 Å². The van der Waals surface area contributed by atoms with Crippen molar-refractivity contribution in [2.45, 2.75) is 20.4 Å². The van der Waals surface area contributed by atoms with Crippen molar-refractivity contribution in [1.29, 1.82) is 0 Å². The minimum absolute atomic E-state index is 0.0640. The number of aryl methyl sites for hydroxylation is 1. The van der Waals surface area contributed by atoms with E-state index in [4.69, 9.17) is 0 Å². The van der Waals surface area contributed by atoms with Crippen molar-refractivity contribution in [3.63, 3.8) is 0 Å². The predicted octanol–water partition coefficient (Wildman–Crippen LogP) is 2.89. The Hall–Kier alpha value is -2.99. The van der Waals surface area contributed by atoms with E-state index >= 15 is 0 Å². The Morgan fingerprint density at radius 3 is 2.84 bits per heavy atom. The second kappa shape index (κ2) is 6.14. The highest BCUT2D eigenvalue weighted by Crippen LogP contribution is 2.30. The summed E-state index contributed by atoms with van der Waals surface area (Å²) in [5.74, 6) is 0.867. The van der Waals surface area contributed by atoms with Gasteiger partial charge in [-0.15, -0.1) is 0 Å². The molecule has 0 radical (unpaired) electrons. The van der Waals surface area contributed by atoms with Crippen LogP contribution in [-0.4, -0.2) is 36.0 Å². The Bertz CT molecular complexity index is 1040. The van der Waals surface area contributed by atoms with E-state index in [9.17, 15) is 5.11 Å². The zero-order valence-corrected chi connectivity index (χ0v) is 14.2. The number of rotatable bonds is 4. The summed E-state index contributed by atoms with van der Waals surface area (Å²) in [4.78, 5) is 8.81. The lowest BCUT2D eigenvalue weighted by atomic mass is 10.1. The molecule has 126 valence electrons. The maximum Gasteiger partial charge on any atom is 0.145 e. The molecule has 0 bridgehead atoms. The van der Waals surface area contributed by atoms with Crippen molar-refractivity contribution in [3.05, 3.63) is 60.4 Å². The van der Waals surface area contributed by atoms with Gasteiger partial charge in [0.25, 0.3) is 0 Å². The number of hydrogen-bond acceptors (Lipinski definition) is 4. The van der Waals surface area contributed by atoms with Crippen LogP contribution in [0.15, 0.2) is 49.1 Å². The molecule has 0 aliphatic heterocycles. The van der Waals surface area contributed by atoms with Crippen molar-refractivity contribution in [1.82, 2.24) is 24.3 Å². The van der Waals surface area contributed by atoms with Crippen LogP contribution in [0.1, 0.15) is 11.4 Å². The third-order valence-electron chi connectivity index (χ3n) is 4.46. The van der Waals surface area contributed by atoms with Crippen molar-refractivity contribution in [3.8, 4) is 17.1 Å². The highest BCUT2D eigenvalue weighted by molar-refractivity contribution is 5.94. The smallest absolute Gasteiger partial charge is 0.145 e. The van der Waals surface area contributed by atoms with Gasteiger partial charge in [0.15, 0.2) is 0 Å². The van der Waals surface area contributed by atoms with Crippen molar-refractivity contribution < 1.29 is 5.11 Å². The van der Waals surface area contributed by atoms with Crippen LogP contribution >= 0.6 is 0 Å². The summed E-state index contributed by atoms with van der Waals surface area (Å²) in [6.45, 7) is 4.54. The Balaban J connectivity index is 1.93. The molecular formula is C19H19N5O. The molecule has 1 aromatic carbocycles. The number of nitrogens with zero attached hydrogens (tertiary/aromatic N) is 5. The standard InChI is InChI=1S/C19H19N5O/c1-13-18(14(2)24(22-13)10-11-25)23-9-8-21-19(23)17-5-3-4-15-12-20-7-6-16(15)17/h3-9,12,25H,10-11H2,1-2H3. The number of benzene rings is 1. The van der Waals surface area contributed by atoms with E-state index in [-0.39, 0.29) is 6.61 Å². The number of aromatic nitrogens is 5. The van der Waals surface area contributed by atoms with Gasteiger partial charge < -0.3 is 5.11 Å². The van der Waals surface area contributed by atoms with E-state index in [1.807, 2.05) is 43.1 Å². The molecule has 0 saturated heterocycles. The number of aliphatic hydroxyl groups is 1. The first kappa shape index (κ1) is 15.5. The molecule has 25 heavy (non-hydrogen) atoms. The molecule has 0 saturated carbocycles. The second-order valence-corrected chi connectivity index (χ2v) is 5.99. The predicted molar refractivity (Wildman–Crippen MR) is 96.6 cm³/mol. The molecule has 0 fully saturated rings. The summed E-state index contributed by atoms with van der Waals surface area (Å²) in [5, 5.41) is 16.0. The first-order chi connectivity index (χ1) is 12.2. The van der Waals surface area contributed by atoms with E-state index < -0.39 is 0 Å². The van der Waals surface area contributed by atoms with Crippen molar-refractivity contribution >= 4 is 10.8 Å². The first-order valence-electron chi connectivity index (χ1n) is 8.22. The minimum atomic E-state index is 0.0640. The van der Waals surface area contributed by atoms with Crippen LogP contribution in [0.5, 0.6) is 0 Å². The molecule has 6 heteroatoms. The maximum absolute atomic E-state index is 9.24. The molecule has 4 aromatic rings. The summed E-state index contributed by atoms with van der Waals surface area (Å²) in [6, 6.07) is 8.16. The molecule has 6 nitrogen and oxygen atoms in total. The normalized spacial score (nSPS) is 11.3. The topological polar surface area (TPSA) is 68.8 Å². The number of hydrogen-bond donors (Lipinski definition) is 1. The summed E-state index contributed by atoms with van der Waals surface area (Å²) in [5.41, 5.74) is 3.98. The van der Waals surface area contributed by atoms with Crippen LogP contribution < -0.4 is 0 Å². The maximum atomic E-state index is 9.24. The van der Waals surface area contributed by atoms with Crippen LogP contribution in [0, 0.1) is 13.8 Å².